The molecule has 1 aliphatic heterocycles. The first kappa shape index (κ1) is 17.0. The number of nitrogens with two attached hydrogens (primary N) is 1. The Balaban J connectivity index is 2.29. The van der Waals surface area contributed by atoms with E-state index in [2.05, 4.69) is 0 Å². The van der Waals surface area contributed by atoms with Gasteiger partial charge in [-0.25, -0.2) is 8.42 Å². The summed E-state index contributed by atoms with van der Waals surface area (Å²) in [7, 11) is -2.18. The maximum absolute atomic E-state index is 12.6. The molecule has 1 heterocycles. The van der Waals surface area contributed by atoms with Crippen molar-refractivity contribution in [2.24, 2.45) is 5.73 Å². The van der Waals surface area contributed by atoms with Gasteiger partial charge in [0.1, 0.15) is 4.90 Å². The molecule has 0 aromatic heterocycles. The van der Waals surface area contributed by atoms with Gasteiger partial charge in [-0.05, 0) is 30.5 Å². The van der Waals surface area contributed by atoms with Gasteiger partial charge in [0, 0.05) is 31.8 Å². The molecule has 1 saturated heterocycles. The minimum atomic E-state index is -3.70. The van der Waals surface area contributed by atoms with Crippen molar-refractivity contribution in [3.05, 3.63) is 27.7 Å². The second-order valence-corrected chi connectivity index (χ2v) is 7.83. The van der Waals surface area contributed by atoms with Crippen LogP contribution in [0.5, 0.6) is 0 Å². The lowest BCUT2D eigenvalue weighted by molar-refractivity contribution is 0.0979. The molecule has 1 aromatic rings. The average molecular weight is 353 g/mol. The van der Waals surface area contributed by atoms with Crippen LogP contribution < -0.4 is 5.73 Å². The number of rotatable bonds is 5. The zero-order valence-corrected chi connectivity index (χ0v) is 14.0. The number of hydrogen-bond donors (Lipinski definition) is 1. The van der Waals surface area contributed by atoms with Crippen LogP contribution in [0.1, 0.15) is 18.4 Å². The van der Waals surface area contributed by atoms with Crippen LogP contribution in [0.25, 0.3) is 0 Å². The highest BCUT2D eigenvalue weighted by atomic mass is 35.5. The highest BCUT2D eigenvalue weighted by Gasteiger charge is 2.28. The Kier molecular flexibility index (Phi) is 5.51. The van der Waals surface area contributed by atoms with Crippen LogP contribution >= 0.6 is 23.2 Å². The molecule has 0 radical (unpaired) electrons. The minimum Gasteiger partial charge on any atom is -0.377 e. The van der Waals surface area contributed by atoms with Crippen molar-refractivity contribution in [2.45, 2.75) is 30.4 Å². The fraction of sp³-hybridized carbons (Fsp3) is 0.538. The van der Waals surface area contributed by atoms with Gasteiger partial charge in [0.05, 0.1) is 11.1 Å². The summed E-state index contributed by atoms with van der Waals surface area (Å²) in [6.07, 6.45) is 1.75. The number of hydrogen-bond acceptors (Lipinski definition) is 4. The van der Waals surface area contributed by atoms with Crippen molar-refractivity contribution < 1.29 is 13.2 Å². The van der Waals surface area contributed by atoms with Crippen LogP contribution in [0.3, 0.4) is 0 Å². The summed E-state index contributed by atoms with van der Waals surface area (Å²) < 4.78 is 32.0. The van der Waals surface area contributed by atoms with Crippen molar-refractivity contribution in [3.63, 3.8) is 0 Å². The van der Waals surface area contributed by atoms with E-state index in [9.17, 15) is 8.42 Å². The molecule has 0 aliphatic carbocycles. The fourth-order valence-electron chi connectivity index (χ4n) is 2.27. The first-order chi connectivity index (χ1) is 9.86. The van der Waals surface area contributed by atoms with Crippen molar-refractivity contribution in [1.29, 1.82) is 0 Å². The van der Waals surface area contributed by atoms with Crippen molar-refractivity contribution in [2.75, 3.05) is 20.2 Å². The molecule has 118 valence electrons. The van der Waals surface area contributed by atoms with Gasteiger partial charge in [-0.15, -0.1) is 0 Å². The standard InChI is InChI=1S/C13H18Cl2N2O3S/c1-17(8-10-3-2-4-20-10)21(18,19)13-5-9(7-16)11(14)6-12(13)15/h5-6,10H,2-4,7-8,16H2,1H3. The molecule has 8 heteroatoms. The lowest BCUT2D eigenvalue weighted by Crippen LogP contribution is -2.34. The summed E-state index contributed by atoms with van der Waals surface area (Å²) in [6, 6.07) is 2.85. The number of sulfonamides is 1. The molecule has 5 nitrogen and oxygen atoms in total. The van der Waals surface area contributed by atoms with Crippen LogP contribution in [0.4, 0.5) is 0 Å². The van der Waals surface area contributed by atoms with Gasteiger partial charge >= 0.3 is 0 Å². The predicted octanol–water partition coefficient (Wildman–Crippen LogP) is 2.25. The Morgan fingerprint density at radius 1 is 1.38 bits per heavy atom. The summed E-state index contributed by atoms with van der Waals surface area (Å²) in [5, 5.41) is 0.458. The molecule has 1 fully saturated rings. The van der Waals surface area contributed by atoms with Crippen LogP contribution in [0, 0.1) is 0 Å². The van der Waals surface area contributed by atoms with Gasteiger partial charge in [0.25, 0.3) is 0 Å². The van der Waals surface area contributed by atoms with Gasteiger partial charge in [0.15, 0.2) is 0 Å². The number of ether oxygens (including phenoxy) is 1. The smallest absolute Gasteiger partial charge is 0.244 e. The normalized spacial score (nSPS) is 19.4. The first-order valence-electron chi connectivity index (χ1n) is 6.62. The van der Waals surface area contributed by atoms with E-state index in [0.29, 0.717) is 23.7 Å². The average Bonchev–Trinajstić information content (AvgIpc) is 2.91. The summed E-state index contributed by atoms with van der Waals surface area (Å²) in [6.45, 7) is 1.13. The number of halogens is 2. The number of benzene rings is 1. The Hall–Kier alpha value is -0.370. The molecule has 0 bridgehead atoms. The van der Waals surface area contributed by atoms with Gasteiger partial charge < -0.3 is 10.5 Å². The Morgan fingerprint density at radius 3 is 2.67 bits per heavy atom. The summed E-state index contributed by atoms with van der Waals surface area (Å²) >= 11 is 12.0. The summed E-state index contributed by atoms with van der Waals surface area (Å²) in [4.78, 5) is 0.0227. The molecule has 0 spiro atoms. The third-order valence-electron chi connectivity index (χ3n) is 3.49. The molecular formula is C13H18Cl2N2O3S. The molecule has 0 amide bonds. The lowest BCUT2D eigenvalue weighted by atomic mass is 10.2. The molecule has 2 N–H and O–H groups in total. The Bertz CT molecular complexity index is 616. The third kappa shape index (κ3) is 3.70. The van der Waals surface area contributed by atoms with E-state index in [1.165, 1.54) is 23.5 Å². The molecule has 0 saturated carbocycles. The molecule has 1 aliphatic rings. The summed E-state index contributed by atoms with van der Waals surface area (Å²) in [5.74, 6) is 0. The highest BCUT2D eigenvalue weighted by molar-refractivity contribution is 7.89. The number of nitrogens with zero attached hydrogens (tertiary/aromatic N) is 1. The molecule has 1 unspecified atom stereocenters. The largest absolute Gasteiger partial charge is 0.377 e. The van der Waals surface area contributed by atoms with E-state index in [4.69, 9.17) is 33.7 Å². The van der Waals surface area contributed by atoms with Crippen molar-refractivity contribution in [3.8, 4) is 0 Å². The number of likely N-dealkylation sites (N-methyl/N-ethyl adjacent to an activating group) is 1. The van der Waals surface area contributed by atoms with E-state index in [0.717, 1.165) is 12.8 Å². The Morgan fingerprint density at radius 2 is 2.10 bits per heavy atom. The molecule has 1 atom stereocenters. The SMILES string of the molecule is CN(CC1CCCO1)S(=O)(=O)c1cc(CN)c(Cl)cc1Cl. The topological polar surface area (TPSA) is 72.6 Å². The molecule has 1 aromatic carbocycles. The lowest BCUT2D eigenvalue weighted by Gasteiger charge is -2.21. The van der Waals surface area contributed by atoms with E-state index in [-0.39, 0.29) is 22.6 Å². The maximum Gasteiger partial charge on any atom is 0.244 e. The fourth-order valence-corrected chi connectivity index (χ4v) is 4.31. The van der Waals surface area contributed by atoms with Crippen LogP contribution in [0.15, 0.2) is 17.0 Å². The zero-order valence-electron chi connectivity index (χ0n) is 11.7. The summed E-state index contributed by atoms with van der Waals surface area (Å²) in [5.41, 5.74) is 6.11. The van der Waals surface area contributed by atoms with E-state index in [1.54, 1.807) is 0 Å². The third-order valence-corrected chi connectivity index (χ3v) is 6.13. The Labute approximate surface area is 135 Å². The monoisotopic (exact) mass is 352 g/mol. The quantitative estimate of drug-likeness (QED) is 0.881. The first-order valence-corrected chi connectivity index (χ1v) is 8.81. The van der Waals surface area contributed by atoms with Crippen molar-refractivity contribution >= 4 is 33.2 Å². The zero-order chi connectivity index (χ0) is 15.6. The molecule has 2 rings (SSSR count). The van der Waals surface area contributed by atoms with Gasteiger partial charge in [-0.2, -0.15) is 4.31 Å². The highest BCUT2D eigenvalue weighted by Crippen LogP contribution is 2.30. The van der Waals surface area contributed by atoms with Crippen LogP contribution in [0.2, 0.25) is 10.0 Å². The van der Waals surface area contributed by atoms with E-state index >= 15 is 0 Å². The van der Waals surface area contributed by atoms with Gasteiger partial charge in [0.2, 0.25) is 10.0 Å². The van der Waals surface area contributed by atoms with Crippen molar-refractivity contribution in [1.82, 2.24) is 4.31 Å². The van der Waals surface area contributed by atoms with Crippen LogP contribution in [-0.4, -0.2) is 39.0 Å². The van der Waals surface area contributed by atoms with Gasteiger partial charge in [-0.3, -0.25) is 0 Å². The van der Waals surface area contributed by atoms with E-state index < -0.39 is 10.0 Å². The second-order valence-electron chi connectivity index (χ2n) is 5.00. The van der Waals surface area contributed by atoms with E-state index in [1.807, 2.05) is 0 Å². The second kappa shape index (κ2) is 6.81. The maximum atomic E-state index is 12.6. The van der Waals surface area contributed by atoms with Crippen LogP contribution in [-0.2, 0) is 21.3 Å². The molecular weight excluding hydrogens is 335 g/mol. The minimum absolute atomic E-state index is 0.0227. The predicted molar refractivity (Wildman–Crippen MR) is 83.1 cm³/mol. The van der Waals surface area contributed by atoms with Gasteiger partial charge in [-0.1, -0.05) is 23.2 Å². The molecule has 21 heavy (non-hydrogen) atoms.